The average Bonchev–Trinajstić information content (AvgIpc) is 3.80. The lowest BCUT2D eigenvalue weighted by Gasteiger charge is -2.33. The Morgan fingerprint density at radius 3 is 1.64 bits per heavy atom. The molecule has 3 aromatic carbocycles. The maximum absolute atomic E-state index is 4.92. The summed E-state index contributed by atoms with van der Waals surface area (Å²) in [5, 5.41) is 7.15. The molecule has 0 radical (unpaired) electrons. The van der Waals surface area contributed by atoms with E-state index in [9.17, 15) is 0 Å². The summed E-state index contributed by atoms with van der Waals surface area (Å²) in [6, 6.07) is 25.9. The van der Waals surface area contributed by atoms with Gasteiger partial charge in [-0.05, 0) is 99.1 Å². The minimum Gasteiger partial charge on any atom is -0.357 e. The molecular weight excluding hydrogens is 482 g/mol. The molecule has 39 heavy (non-hydrogen) atoms. The number of imidazole rings is 2. The lowest BCUT2D eigenvalue weighted by Crippen LogP contribution is -2.26. The fraction of sp³-hybridized carbons (Fsp3) is 0.375. The summed E-state index contributed by atoms with van der Waals surface area (Å²) in [4.78, 5) is 19.7. The molecule has 2 aromatic heterocycles. The van der Waals surface area contributed by atoms with Crippen LogP contribution in [0.2, 0.25) is 0 Å². The van der Waals surface area contributed by atoms with Crippen LogP contribution in [0.3, 0.4) is 0 Å². The quantitative estimate of drug-likeness (QED) is 0.218. The Labute approximate surface area is 228 Å². The normalized spacial score (nSPS) is 25.4. The zero-order chi connectivity index (χ0) is 25.8. The predicted octanol–water partition coefficient (Wildman–Crippen LogP) is 6.37. The van der Waals surface area contributed by atoms with Crippen molar-refractivity contribution < 1.29 is 0 Å². The Bertz CT molecular complexity index is 1510. The van der Waals surface area contributed by atoms with Crippen molar-refractivity contribution in [2.45, 2.75) is 62.7 Å². The van der Waals surface area contributed by atoms with Crippen molar-refractivity contribution in [3.8, 4) is 0 Å². The first-order chi connectivity index (χ1) is 19.3. The zero-order valence-corrected chi connectivity index (χ0v) is 22.2. The van der Waals surface area contributed by atoms with Gasteiger partial charge in [-0.25, -0.2) is 9.97 Å². The van der Waals surface area contributed by atoms with Gasteiger partial charge in [0.1, 0.15) is 11.6 Å². The average molecular weight is 518 g/mol. The second-order valence-corrected chi connectivity index (χ2v) is 11.4. The highest BCUT2D eigenvalue weighted by Crippen LogP contribution is 2.47. The van der Waals surface area contributed by atoms with E-state index < -0.39 is 0 Å². The van der Waals surface area contributed by atoms with Crippen LogP contribution in [-0.4, -0.2) is 33.0 Å². The third-order valence-electron chi connectivity index (χ3n) is 9.04. The van der Waals surface area contributed by atoms with Gasteiger partial charge >= 0.3 is 0 Å². The second-order valence-electron chi connectivity index (χ2n) is 11.4. The Hall–Kier alpha value is -3.68. The lowest BCUT2D eigenvalue weighted by molar-refractivity contribution is 0.614. The summed E-state index contributed by atoms with van der Waals surface area (Å²) < 4.78 is 0. The number of hydrogen-bond acceptors (Lipinski definition) is 5. The third kappa shape index (κ3) is 4.12. The summed E-state index contributed by atoms with van der Waals surface area (Å²) in [5.41, 5.74) is 8.35. The smallest absolute Gasteiger partial charge is 0.124 e. The van der Waals surface area contributed by atoms with Crippen molar-refractivity contribution >= 4 is 27.8 Å². The fourth-order valence-electron chi connectivity index (χ4n) is 7.10. The molecule has 8 rings (SSSR count). The molecule has 5 heterocycles. The topological polar surface area (TPSA) is 84.7 Å². The highest BCUT2D eigenvalue weighted by atomic mass is 15.2. The van der Waals surface area contributed by atoms with Crippen LogP contribution in [0.5, 0.6) is 0 Å². The minimum absolute atomic E-state index is 0.300. The number of para-hydroxylation sites is 1. The molecule has 0 saturated carbocycles. The number of nitrogens with zero attached hydrogens (tertiary/aromatic N) is 3. The Morgan fingerprint density at radius 2 is 1.15 bits per heavy atom. The number of H-pyrrole nitrogens is 2. The summed E-state index contributed by atoms with van der Waals surface area (Å²) in [6.45, 7) is 2.15. The summed E-state index contributed by atoms with van der Waals surface area (Å²) in [7, 11) is 0. The fourth-order valence-corrected chi connectivity index (χ4v) is 7.10. The zero-order valence-electron chi connectivity index (χ0n) is 22.2. The van der Waals surface area contributed by atoms with Crippen LogP contribution >= 0.6 is 0 Å². The maximum Gasteiger partial charge on any atom is 0.124 e. The van der Waals surface area contributed by atoms with Crippen molar-refractivity contribution in [1.82, 2.24) is 30.6 Å². The van der Waals surface area contributed by atoms with E-state index in [-0.39, 0.29) is 0 Å². The van der Waals surface area contributed by atoms with Gasteiger partial charge in [-0.2, -0.15) is 0 Å². The molecule has 0 aliphatic carbocycles. The summed E-state index contributed by atoms with van der Waals surface area (Å²) in [5.74, 6) is 2.15. The molecule has 3 aliphatic rings. The lowest BCUT2D eigenvalue weighted by atomic mass is 10.0. The van der Waals surface area contributed by atoms with Gasteiger partial charge in [0.05, 0.1) is 46.2 Å². The van der Waals surface area contributed by atoms with E-state index >= 15 is 0 Å². The van der Waals surface area contributed by atoms with Gasteiger partial charge in [-0.1, -0.05) is 30.3 Å². The molecule has 7 heteroatoms. The Balaban J connectivity index is 1.15. The van der Waals surface area contributed by atoms with E-state index in [2.05, 4.69) is 92.2 Å². The van der Waals surface area contributed by atoms with Crippen LogP contribution in [0.1, 0.15) is 85.5 Å². The Morgan fingerprint density at radius 1 is 0.615 bits per heavy atom. The van der Waals surface area contributed by atoms with Gasteiger partial charge in [0.25, 0.3) is 0 Å². The standard InChI is InChI=1S/C32H35N7/c1-2-6-22(7-3-1)39-29(20-10-12-23-27(18-20)37-31(35-23)25-8-4-16-33-25)14-15-30(39)21-11-13-24-28(19-21)38-32(36-24)26-9-5-17-34-26/h1-3,6-7,10-13,18-19,25-26,29-30,33-34H,4-5,8-9,14-17H2,(H,35,37)(H,36,38)/t25-,26?,29+,30+/m0/s1. The highest BCUT2D eigenvalue weighted by molar-refractivity contribution is 5.78. The van der Waals surface area contributed by atoms with E-state index in [1.165, 1.54) is 29.7 Å². The van der Waals surface area contributed by atoms with Gasteiger partial charge in [0.15, 0.2) is 0 Å². The number of aromatic nitrogens is 4. The molecule has 0 bridgehead atoms. The number of anilines is 1. The molecule has 0 amide bonds. The highest BCUT2D eigenvalue weighted by Gasteiger charge is 2.36. The SMILES string of the molecule is c1ccc(N2[C@@H](c3ccc4nc(C5CCCN5)[nH]c4c3)CC[C@@H]2c2ccc3nc([C@@H]4CCCN4)[nH]c3c2)cc1. The van der Waals surface area contributed by atoms with Gasteiger partial charge in [0, 0.05) is 5.69 Å². The molecule has 0 spiro atoms. The molecule has 1 unspecified atom stereocenters. The second kappa shape index (κ2) is 9.50. The van der Waals surface area contributed by atoms with Crippen LogP contribution in [0.4, 0.5) is 5.69 Å². The minimum atomic E-state index is 0.300. The number of hydrogen-bond donors (Lipinski definition) is 4. The van der Waals surface area contributed by atoms with E-state index in [4.69, 9.17) is 9.97 Å². The first-order valence-corrected chi connectivity index (χ1v) is 14.6. The van der Waals surface area contributed by atoms with Gasteiger partial charge in [0.2, 0.25) is 0 Å². The van der Waals surface area contributed by atoms with Crippen LogP contribution in [-0.2, 0) is 0 Å². The molecule has 4 N–H and O–H groups in total. The van der Waals surface area contributed by atoms with Gasteiger partial charge in [-0.3, -0.25) is 0 Å². The molecule has 3 saturated heterocycles. The van der Waals surface area contributed by atoms with E-state index in [1.807, 2.05) is 0 Å². The van der Waals surface area contributed by atoms with Crippen molar-refractivity contribution in [2.24, 2.45) is 0 Å². The summed E-state index contributed by atoms with van der Waals surface area (Å²) >= 11 is 0. The first-order valence-electron chi connectivity index (χ1n) is 14.6. The third-order valence-corrected chi connectivity index (χ3v) is 9.04. The monoisotopic (exact) mass is 517 g/mol. The molecular formula is C32H35N7. The number of benzene rings is 3. The van der Waals surface area contributed by atoms with Crippen LogP contribution < -0.4 is 15.5 Å². The number of aromatic amines is 2. The first kappa shape index (κ1) is 23.2. The Kier molecular flexibility index (Phi) is 5.66. The van der Waals surface area contributed by atoms with Crippen molar-refractivity contribution in [3.63, 3.8) is 0 Å². The molecule has 7 nitrogen and oxygen atoms in total. The van der Waals surface area contributed by atoms with Crippen molar-refractivity contribution in [1.29, 1.82) is 0 Å². The molecule has 4 atom stereocenters. The van der Waals surface area contributed by atoms with Crippen LogP contribution in [0, 0.1) is 0 Å². The van der Waals surface area contributed by atoms with Crippen LogP contribution in [0.15, 0.2) is 66.7 Å². The molecule has 5 aromatic rings. The predicted molar refractivity (Wildman–Crippen MR) is 156 cm³/mol. The van der Waals surface area contributed by atoms with Crippen molar-refractivity contribution in [3.05, 3.63) is 89.5 Å². The maximum atomic E-state index is 4.92. The van der Waals surface area contributed by atoms with E-state index in [1.54, 1.807) is 0 Å². The summed E-state index contributed by atoms with van der Waals surface area (Å²) in [6.07, 6.45) is 6.94. The van der Waals surface area contributed by atoms with E-state index in [0.29, 0.717) is 24.2 Å². The van der Waals surface area contributed by atoms with Crippen molar-refractivity contribution in [2.75, 3.05) is 18.0 Å². The number of rotatable bonds is 5. The molecule has 3 fully saturated rings. The molecule has 198 valence electrons. The number of nitrogens with one attached hydrogen (secondary N) is 4. The van der Waals surface area contributed by atoms with Crippen LogP contribution in [0.25, 0.3) is 22.1 Å². The largest absolute Gasteiger partial charge is 0.357 e. The number of fused-ring (bicyclic) bond motifs is 2. The molecule has 3 aliphatic heterocycles. The van der Waals surface area contributed by atoms with Gasteiger partial charge < -0.3 is 25.5 Å². The van der Waals surface area contributed by atoms with Gasteiger partial charge in [-0.15, -0.1) is 0 Å². The van der Waals surface area contributed by atoms with E-state index in [0.717, 1.165) is 72.5 Å².